The molecule has 3 aromatic rings. The van der Waals surface area contributed by atoms with Gasteiger partial charge in [-0.3, -0.25) is 9.59 Å². The minimum absolute atomic E-state index is 0.0398. The third kappa shape index (κ3) is 6.53. The lowest BCUT2D eigenvalue weighted by atomic mass is 10.1. The molecule has 6 nitrogen and oxygen atoms in total. The fourth-order valence-corrected chi connectivity index (χ4v) is 2.84. The smallest absolute Gasteiger partial charge is 0.287 e. The number of amides is 2. The Kier molecular flexibility index (Phi) is 7.70. The number of hydrogen-bond acceptors (Lipinski definition) is 4. The van der Waals surface area contributed by atoms with Gasteiger partial charge < -0.3 is 10.4 Å². The lowest BCUT2D eigenvalue weighted by Gasteiger charge is -2.09. The molecule has 2 amide bonds. The average Bonchev–Trinajstić information content (AvgIpc) is 2.81. The van der Waals surface area contributed by atoms with E-state index in [1.165, 1.54) is 12.3 Å². The summed E-state index contributed by atoms with van der Waals surface area (Å²) in [6, 6.07) is 24.9. The minimum atomic E-state index is -0.596. The lowest BCUT2D eigenvalue weighted by molar-refractivity contribution is -0.117. The zero-order valence-electron chi connectivity index (χ0n) is 17.5. The van der Waals surface area contributed by atoms with Crippen LogP contribution in [-0.2, 0) is 4.79 Å². The van der Waals surface area contributed by atoms with E-state index in [1.807, 2.05) is 43.3 Å². The van der Waals surface area contributed by atoms with Gasteiger partial charge in [0.2, 0.25) is 0 Å². The summed E-state index contributed by atoms with van der Waals surface area (Å²) in [6.45, 7) is 1.83. The first-order chi connectivity index (χ1) is 15.5. The highest BCUT2D eigenvalue weighted by atomic mass is 16.3. The number of nitrogens with one attached hydrogen (secondary N) is 2. The molecule has 0 saturated heterocycles. The van der Waals surface area contributed by atoms with Gasteiger partial charge in [-0.15, -0.1) is 0 Å². The Balaban J connectivity index is 1.82. The third-order valence-corrected chi connectivity index (χ3v) is 4.40. The summed E-state index contributed by atoms with van der Waals surface area (Å²) in [6.07, 6.45) is 4.81. The Bertz CT molecular complexity index is 1170. The number of carbonyl (C=O) groups excluding carboxylic acids is 2. The van der Waals surface area contributed by atoms with E-state index in [1.54, 1.807) is 54.6 Å². The fourth-order valence-electron chi connectivity index (χ4n) is 2.84. The van der Waals surface area contributed by atoms with E-state index in [2.05, 4.69) is 15.8 Å². The molecule has 0 radical (unpaired) electrons. The molecule has 6 heteroatoms. The molecule has 0 heterocycles. The standard InChI is InChI=1S/C26H23N3O3/c1-19(16-20-10-4-2-5-11-20)17-23(28-25(31)21-12-6-3-7-13-21)26(32)29-27-18-22-14-8-9-15-24(22)30/h2-18,30H,1H3,(H,28,31)(H,29,32)/b19-16+,23-17+,27-18+. The van der Waals surface area contributed by atoms with Crippen LogP contribution in [-0.4, -0.2) is 23.1 Å². The first-order valence-corrected chi connectivity index (χ1v) is 9.96. The quantitative estimate of drug-likeness (QED) is 0.229. The number of carbonyl (C=O) groups is 2. The van der Waals surface area contributed by atoms with Gasteiger partial charge in [0.05, 0.1) is 6.21 Å². The molecule has 3 aromatic carbocycles. The van der Waals surface area contributed by atoms with Crippen molar-refractivity contribution in [2.45, 2.75) is 6.92 Å². The highest BCUT2D eigenvalue weighted by Gasteiger charge is 2.14. The number of benzene rings is 3. The van der Waals surface area contributed by atoms with Crippen molar-refractivity contribution in [2.75, 3.05) is 0 Å². The van der Waals surface area contributed by atoms with Gasteiger partial charge in [0, 0.05) is 11.1 Å². The second-order valence-electron chi connectivity index (χ2n) is 6.94. The topological polar surface area (TPSA) is 90.8 Å². The van der Waals surface area contributed by atoms with Gasteiger partial charge in [0.15, 0.2) is 0 Å². The molecule has 0 aromatic heterocycles. The summed E-state index contributed by atoms with van der Waals surface area (Å²) >= 11 is 0. The highest BCUT2D eigenvalue weighted by molar-refractivity contribution is 6.03. The van der Waals surface area contributed by atoms with Gasteiger partial charge in [0.1, 0.15) is 11.4 Å². The summed E-state index contributed by atoms with van der Waals surface area (Å²) in [5.41, 5.74) is 5.04. The lowest BCUT2D eigenvalue weighted by Crippen LogP contribution is -2.33. The molecule has 0 aliphatic carbocycles. The Labute approximate surface area is 186 Å². The summed E-state index contributed by atoms with van der Waals surface area (Å²) < 4.78 is 0. The Morgan fingerprint density at radius 2 is 1.50 bits per heavy atom. The summed E-state index contributed by atoms with van der Waals surface area (Å²) in [4.78, 5) is 25.4. The van der Waals surface area contributed by atoms with Crippen molar-refractivity contribution in [3.05, 3.63) is 119 Å². The van der Waals surface area contributed by atoms with Crippen molar-refractivity contribution in [1.82, 2.24) is 10.7 Å². The van der Waals surface area contributed by atoms with Crippen LogP contribution in [0.15, 0.2) is 107 Å². The molecule has 0 saturated carbocycles. The number of nitrogens with zero attached hydrogens (tertiary/aromatic N) is 1. The second-order valence-corrected chi connectivity index (χ2v) is 6.94. The predicted octanol–water partition coefficient (Wildman–Crippen LogP) is 4.26. The van der Waals surface area contributed by atoms with Crippen molar-refractivity contribution in [2.24, 2.45) is 5.10 Å². The normalized spacial score (nSPS) is 11.9. The number of rotatable bonds is 7. The SMILES string of the molecule is CC(=C\c1ccccc1)/C=C(/NC(=O)c1ccccc1)C(=O)N/N=C/c1ccccc1O. The molecular formula is C26H23N3O3. The van der Waals surface area contributed by atoms with Crippen molar-refractivity contribution >= 4 is 24.1 Å². The van der Waals surface area contributed by atoms with Gasteiger partial charge in [-0.05, 0) is 48.4 Å². The van der Waals surface area contributed by atoms with Crippen LogP contribution in [0, 0.1) is 0 Å². The van der Waals surface area contributed by atoms with Crippen LogP contribution in [0.1, 0.15) is 28.4 Å². The molecule has 0 unspecified atom stereocenters. The molecule has 0 fully saturated rings. The van der Waals surface area contributed by atoms with Crippen LogP contribution in [0.4, 0.5) is 0 Å². The average molecular weight is 425 g/mol. The van der Waals surface area contributed by atoms with Gasteiger partial charge in [-0.1, -0.05) is 66.7 Å². The van der Waals surface area contributed by atoms with Crippen molar-refractivity contribution in [1.29, 1.82) is 0 Å². The zero-order valence-corrected chi connectivity index (χ0v) is 17.5. The molecule has 3 rings (SSSR count). The maximum Gasteiger partial charge on any atom is 0.287 e. The predicted molar refractivity (Wildman–Crippen MR) is 126 cm³/mol. The van der Waals surface area contributed by atoms with E-state index in [0.717, 1.165) is 11.1 Å². The van der Waals surface area contributed by atoms with E-state index >= 15 is 0 Å². The Morgan fingerprint density at radius 1 is 0.875 bits per heavy atom. The van der Waals surface area contributed by atoms with E-state index in [9.17, 15) is 14.7 Å². The zero-order chi connectivity index (χ0) is 22.8. The van der Waals surface area contributed by atoms with Crippen LogP contribution in [0.3, 0.4) is 0 Å². The van der Waals surface area contributed by atoms with E-state index < -0.39 is 11.8 Å². The monoisotopic (exact) mass is 425 g/mol. The van der Waals surface area contributed by atoms with Crippen LogP contribution in [0.2, 0.25) is 0 Å². The van der Waals surface area contributed by atoms with Crippen molar-refractivity contribution in [3.63, 3.8) is 0 Å². The molecule has 160 valence electrons. The van der Waals surface area contributed by atoms with Crippen molar-refractivity contribution < 1.29 is 14.7 Å². The minimum Gasteiger partial charge on any atom is -0.507 e. The summed E-state index contributed by atoms with van der Waals surface area (Å²) in [5, 5.41) is 16.4. The van der Waals surface area contributed by atoms with E-state index in [4.69, 9.17) is 0 Å². The number of phenolic OH excluding ortho intramolecular Hbond substituents is 1. The van der Waals surface area contributed by atoms with Gasteiger partial charge >= 0.3 is 0 Å². The number of phenols is 1. The van der Waals surface area contributed by atoms with Crippen molar-refractivity contribution in [3.8, 4) is 5.75 Å². The first kappa shape index (κ1) is 22.2. The molecule has 0 spiro atoms. The Hall–Kier alpha value is -4.45. The number of hydrazone groups is 1. The maximum absolute atomic E-state index is 12.8. The molecular weight excluding hydrogens is 402 g/mol. The van der Waals surface area contributed by atoms with E-state index in [0.29, 0.717) is 11.1 Å². The maximum atomic E-state index is 12.8. The first-order valence-electron chi connectivity index (χ1n) is 9.96. The molecule has 0 aliphatic rings. The second kappa shape index (κ2) is 11.1. The fraction of sp³-hybridized carbons (Fsp3) is 0.0385. The summed E-state index contributed by atoms with van der Waals surface area (Å²) in [7, 11) is 0. The molecule has 0 atom stereocenters. The number of aromatic hydroxyl groups is 1. The number of hydrogen-bond donors (Lipinski definition) is 3. The van der Waals surface area contributed by atoms with Gasteiger partial charge in [-0.2, -0.15) is 5.10 Å². The van der Waals surface area contributed by atoms with Crippen LogP contribution in [0.25, 0.3) is 6.08 Å². The largest absolute Gasteiger partial charge is 0.507 e. The molecule has 3 N–H and O–H groups in total. The van der Waals surface area contributed by atoms with Crippen LogP contribution >= 0.6 is 0 Å². The molecule has 0 bridgehead atoms. The van der Waals surface area contributed by atoms with Crippen LogP contribution < -0.4 is 10.7 Å². The van der Waals surface area contributed by atoms with Gasteiger partial charge in [-0.25, -0.2) is 5.43 Å². The number of allylic oxidation sites excluding steroid dienone is 2. The molecule has 32 heavy (non-hydrogen) atoms. The highest BCUT2D eigenvalue weighted by Crippen LogP contribution is 2.13. The van der Waals surface area contributed by atoms with Crippen LogP contribution in [0.5, 0.6) is 5.75 Å². The number of para-hydroxylation sites is 1. The third-order valence-electron chi connectivity index (χ3n) is 4.40. The Morgan fingerprint density at radius 3 is 2.19 bits per heavy atom. The summed E-state index contributed by atoms with van der Waals surface area (Å²) in [5.74, 6) is -0.966. The molecule has 0 aliphatic heterocycles. The van der Waals surface area contributed by atoms with E-state index in [-0.39, 0.29) is 11.4 Å². The van der Waals surface area contributed by atoms with Gasteiger partial charge in [0.25, 0.3) is 11.8 Å².